The predicted molar refractivity (Wildman–Crippen MR) is 377 cm³/mol. The summed E-state index contributed by atoms with van der Waals surface area (Å²) in [4.78, 5) is 24.7. The number of nitrogens with zero attached hydrogens (tertiary/aromatic N) is 3. The fourth-order valence-electron chi connectivity index (χ4n) is 5.89. The Kier molecular flexibility index (Phi) is 33.4. The van der Waals surface area contributed by atoms with Gasteiger partial charge in [-0.1, -0.05) is 140 Å². The molecule has 1 N–H and O–H groups in total. The van der Waals surface area contributed by atoms with Crippen molar-refractivity contribution in [3.63, 3.8) is 0 Å². The number of amides is 1. The topological polar surface area (TPSA) is 223 Å². The molecule has 0 spiro atoms. The Morgan fingerprint density at radius 3 is 1.33 bits per heavy atom. The average molecular weight is 2140 g/mol. The summed E-state index contributed by atoms with van der Waals surface area (Å²) in [5, 5.41) is 10.2. The van der Waals surface area contributed by atoms with Crippen LogP contribution in [0.4, 0.5) is 0 Å². The Labute approximate surface area is 600 Å². The Hall–Kier alpha value is 1.15. The molecule has 1 heterocycles. The smallest absolute Gasteiger partial charge is 0.257 e. The fraction of sp³-hybridized carbons (Fsp3) is 0.292. The first-order valence-electron chi connectivity index (χ1n) is 22.2. The molecule has 0 saturated heterocycles. The number of carbonyl (C=O) groups excluding carboxylic acids is 2. The second-order valence-electron chi connectivity index (χ2n) is 16.3. The number of alkyl halides is 15. The van der Waals surface area contributed by atoms with Gasteiger partial charge in [-0.25, -0.2) is 33.7 Å². The Balaban J connectivity index is 0.000000367. The molecule has 15 nitrogen and oxygen atoms in total. The van der Waals surface area contributed by atoms with Gasteiger partial charge in [-0.3, -0.25) is 14.2 Å². The molecule has 6 aromatic rings. The molecule has 1 amide bonds. The zero-order chi connectivity index (χ0) is 63.0. The van der Waals surface area contributed by atoms with Gasteiger partial charge in [-0.2, -0.15) is 0 Å². The number of sulfone groups is 4. The SMILES string of the molecule is COCCNC(=O)c1ccc(-n2c(CCCl)nnc2S(=O)(=O)C(Br)(Br)Br)cc1.Cc1cccc(C(=O)C(Br)(Br)Br)c1.Cc1cccc(S(=O)(=O)C(Br)(Br)Br)c1.Cc1cccc(S(=O)(=O)C(Br)(Br)Br)c1.Cc1cccc(S(=O)(=O)C(Br)Br)c1. The second kappa shape index (κ2) is 34.5. The number of aryl methyl sites for hydroxylation is 5. The van der Waals surface area contributed by atoms with Crippen LogP contribution in [0.25, 0.3) is 5.69 Å². The van der Waals surface area contributed by atoms with E-state index in [1.807, 2.05) is 64.1 Å². The van der Waals surface area contributed by atoms with E-state index < -0.39 is 49.0 Å². The number of ether oxygens (including phenoxy) is 1. The third-order valence-corrected chi connectivity index (χ3v) is 31.3. The molecule has 0 radical (unpaired) electrons. The third kappa shape index (κ3) is 24.1. The quantitative estimate of drug-likeness (QED) is 0.0646. The van der Waals surface area contributed by atoms with E-state index in [0.29, 0.717) is 47.1 Å². The van der Waals surface area contributed by atoms with Crippen LogP contribution in [0.1, 0.15) is 48.8 Å². The van der Waals surface area contributed by atoms with Gasteiger partial charge >= 0.3 is 0 Å². The standard InChI is InChI=1S/C15H16Br3ClN4O4S.C9H7Br3O.2C8H7Br3O2S.C8H8Br2O2S/c1-27-9-8-20-13(24)10-2-4-11(5-3-10)23-12(6-7-19)21-22-14(23)28(25,26)15(16,17)18;1-6-3-2-4-7(5-6)8(13)9(10,11)12;2*1-6-3-2-4-7(5-6)14(12,13)8(9,10)11;1-6-3-2-4-7(5-6)13(11,12)8(9)10/h2-5H,6-9H2,1H3,(H,20,24);2-5H,1H3;2*2-5H,1H3;2-5,8H,1H3. The van der Waals surface area contributed by atoms with Crippen LogP contribution in [0.3, 0.4) is 0 Å². The molecule has 0 fully saturated rings. The lowest BCUT2D eigenvalue weighted by Gasteiger charge is -2.15. The molecule has 82 heavy (non-hydrogen) atoms. The molecule has 5 aromatic carbocycles. The first-order chi connectivity index (χ1) is 37.5. The lowest BCUT2D eigenvalue weighted by atomic mass is 10.1. The van der Waals surface area contributed by atoms with E-state index in [-0.39, 0.29) is 32.5 Å². The first kappa shape index (κ1) is 79.2. The van der Waals surface area contributed by atoms with Crippen LogP contribution in [0.15, 0.2) is 141 Å². The van der Waals surface area contributed by atoms with Crippen LogP contribution in [0.5, 0.6) is 0 Å². The highest BCUT2D eigenvalue weighted by Crippen LogP contribution is 2.45. The monoisotopic (exact) mass is 2120 g/mol. The molecule has 0 unspecified atom stereocenters. The molecule has 452 valence electrons. The van der Waals surface area contributed by atoms with Crippen molar-refractivity contribution in [2.24, 2.45) is 0 Å². The predicted octanol–water partition coefficient (Wildman–Crippen LogP) is 17.0. The van der Waals surface area contributed by atoms with Crippen molar-refractivity contribution in [2.75, 3.05) is 26.1 Å². The van der Waals surface area contributed by atoms with Gasteiger partial charge in [0.05, 0.1) is 21.3 Å². The highest BCUT2D eigenvalue weighted by molar-refractivity contribution is 9.43. The van der Waals surface area contributed by atoms with E-state index in [4.69, 9.17) is 16.3 Å². The highest BCUT2D eigenvalue weighted by atomic mass is 80.0. The minimum Gasteiger partial charge on any atom is -0.383 e. The van der Waals surface area contributed by atoms with Gasteiger partial charge in [-0.15, -0.1) is 21.8 Å². The molecule has 0 atom stereocenters. The summed E-state index contributed by atoms with van der Waals surface area (Å²) < 4.78 is 96.8. The largest absolute Gasteiger partial charge is 0.383 e. The number of methoxy groups -OCH3 is 1. The van der Waals surface area contributed by atoms with Crippen molar-refractivity contribution in [1.82, 2.24) is 20.1 Å². The van der Waals surface area contributed by atoms with Gasteiger partial charge in [0.1, 0.15) is 5.82 Å². The van der Waals surface area contributed by atoms with Crippen LogP contribution in [-0.2, 0) is 50.5 Å². The van der Waals surface area contributed by atoms with Crippen LogP contribution < -0.4 is 5.32 Å². The number of aromatic nitrogens is 3. The van der Waals surface area contributed by atoms with E-state index in [0.717, 1.165) is 22.3 Å². The number of rotatable bonds is 13. The Morgan fingerprint density at radius 2 is 0.963 bits per heavy atom. The van der Waals surface area contributed by atoms with E-state index >= 15 is 0 Å². The van der Waals surface area contributed by atoms with Crippen molar-refractivity contribution >= 4 is 286 Å². The zero-order valence-corrected chi connectivity index (χ0v) is 68.8. The summed E-state index contributed by atoms with van der Waals surface area (Å²) in [5.41, 5.74) is 5.39. The van der Waals surface area contributed by atoms with E-state index in [1.165, 1.54) is 4.57 Å². The number of nitrogens with one attached hydrogen (secondary N) is 1. The van der Waals surface area contributed by atoms with E-state index in [1.54, 1.807) is 92.0 Å². The Morgan fingerprint density at radius 1 is 0.561 bits per heavy atom. The van der Waals surface area contributed by atoms with Crippen molar-refractivity contribution in [3.8, 4) is 5.69 Å². The molecule has 0 aliphatic carbocycles. The minimum absolute atomic E-state index is 0.0452. The lowest BCUT2D eigenvalue weighted by Crippen LogP contribution is -2.27. The maximum atomic E-state index is 12.8. The normalized spacial score (nSPS) is 12.3. The van der Waals surface area contributed by atoms with Gasteiger partial charge < -0.3 is 10.1 Å². The van der Waals surface area contributed by atoms with Gasteiger partial charge in [-0.05, 0) is 254 Å². The second-order valence-corrected chi connectivity index (χ2v) is 60.9. The van der Waals surface area contributed by atoms with Gasteiger partial charge in [0.25, 0.3) is 11.1 Å². The third-order valence-electron chi connectivity index (χ3n) is 9.84. The molecular weight excluding hydrogens is 2090 g/mol. The molecule has 6 rings (SSSR count). The molecular formula is C48H45Br14ClN4O11S4. The van der Waals surface area contributed by atoms with Crippen LogP contribution in [0.2, 0.25) is 0 Å². The highest BCUT2D eigenvalue weighted by Gasteiger charge is 2.43. The first-order valence-corrected chi connectivity index (χ1v) is 40.1. The number of hydrogen-bond acceptors (Lipinski definition) is 13. The molecule has 0 aliphatic heterocycles. The van der Waals surface area contributed by atoms with E-state index in [9.17, 15) is 43.3 Å². The summed E-state index contributed by atoms with van der Waals surface area (Å²) in [6.07, 6.45) is 0.309. The summed E-state index contributed by atoms with van der Waals surface area (Å²) >= 11 is 48.5. The van der Waals surface area contributed by atoms with E-state index in [2.05, 4.69) is 239 Å². The van der Waals surface area contributed by atoms with Crippen molar-refractivity contribution in [3.05, 3.63) is 161 Å². The Bertz CT molecular complexity index is 3510. The van der Waals surface area contributed by atoms with Crippen molar-refractivity contribution in [2.45, 2.75) is 63.6 Å². The molecule has 1 aromatic heterocycles. The fourth-order valence-corrected chi connectivity index (χ4v) is 16.1. The summed E-state index contributed by atoms with van der Waals surface area (Å²) in [6.45, 7) is 8.29. The lowest BCUT2D eigenvalue weighted by molar-refractivity contribution is 0.0936. The summed E-state index contributed by atoms with van der Waals surface area (Å²) in [7, 11) is -12.6. The summed E-state index contributed by atoms with van der Waals surface area (Å²) in [5.74, 6) is 0.306. The van der Waals surface area contributed by atoms with Crippen molar-refractivity contribution < 1.29 is 48.0 Å². The number of hydrogen-bond donors (Lipinski definition) is 1. The average Bonchev–Trinajstić information content (AvgIpc) is 3.98. The number of carbonyl (C=O) groups is 2. The van der Waals surface area contributed by atoms with Gasteiger partial charge in [0.2, 0.25) is 49.6 Å². The summed E-state index contributed by atoms with van der Waals surface area (Å²) in [6, 6.07) is 34.1. The molecule has 0 bridgehead atoms. The zero-order valence-electron chi connectivity index (χ0n) is 42.6. The number of benzene rings is 5. The van der Waals surface area contributed by atoms with Crippen LogP contribution >= 0.6 is 235 Å². The molecule has 0 saturated carbocycles. The molecule has 0 aliphatic rings. The van der Waals surface area contributed by atoms with Crippen LogP contribution in [-0.4, -0.2) is 95.9 Å². The van der Waals surface area contributed by atoms with Crippen molar-refractivity contribution in [1.29, 1.82) is 0 Å². The number of halogens is 15. The number of ketones is 1. The number of Topliss-reactive ketones (excluding diaryl/α,β-unsaturated/α-hetero) is 1. The maximum Gasteiger partial charge on any atom is 0.257 e. The van der Waals surface area contributed by atoms with Gasteiger partial charge in [0, 0.05) is 42.8 Å². The minimum atomic E-state index is -3.99. The van der Waals surface area contributed by atoms with Crippen LogP contribution in [0, 0.1) is 27.7 Å². The van der Waals surface area contributed by atoms with Gasteiger partial charge in [0.15, 0.2) is 5.21 Å². The molecule has 34 heteroatoms. The maximum absolute atomic E-state index is 12.8.